The number of nitrogens with zero attached hydrogens (tertiary/aromatic N) is 2. The van der Waals surface area contributed by atoms with E-state index in [9.17, 15) is 8.42 Å². The lowest BCUT2D eigenvalue weighted by Crippen LogP contribution is -2.44. The molecule has 1 fully saturated rings. The number of thiazole rings is 1. The first-order valence-corrected chi connectivity index (χ1v) is 8.95. The second-order valence-corrected chi connectivity index (χ2v) is 8.23. The van der Waals surface area contributed by atoms with Crippen molar-refractivity contribution in [2.24, 2.45) is 0 Å². The van der Waals surface area contributed by atoms with E-state index in [0.717, 1.165) is 30.8 Å². The minimum atomic E-state index is -3.32. The molecular formula is C12H21N3O2S2. The summed E-state index contributed by atoms with van der Waals surface area (Å²) in [5, 5.41) is 4.25. The lowest BCUT2D eigenvalue weighted by atomic mass is 10.1. The number of aromatic nitrogens is 1. The summed E-state index contributed by atoms with van der Waals surface area (Å²) in [6, 6.07) is 0.453. The first-order valence-electron chi connectivity index (χ1n) is 6.70. The molecule has 2 heterocycles. The number of aryl methyl sites for hydroxylation is 1. The second-order valence-electron chi connectivity index (χ2n) is 4.83. The molecule has 5 nitrogen and oxygen atoms in total. The van der Waals surface area contributed by atoms with E-state index < -0.39 is 10.0 Å². The van der Waals surface area contributed by atoms with E-state index in [1.54, 1.807) is 4.31 Å². The predicted molar refractivity (Wildman–Crippen MR) is 76.9 cm³/mol. The maximum Gasteiger partial charge on any atom is 0.254 e. The monoisotopic (exact) mass is 303 g/mol. The van der Waals surface area contributed by atoms with Gasteiger partial charge in [-0.1, -0.05) is 6.92 Å². The molecule has 0 atom stereocenters. The fourth-order valence-electron chi connectivity index (χ4n) is 2.24. The molecule has 108 valence electrons. The van der Waals surface area contributed by atoms with E-state index in [0.29, 0.717) is 23.3 Å². The van der Waals surface area contributed by atoms with E-state index >= 15 is 0 Å². The lowest BCUT2D eigenvalue weighted by Gasteiger charge is -2.31. The van der Waals surface area contributed by atoms with E-state index in [1.807, 2.05) is 6.92 Å². The zero-order valence-corrected chi connectivity index (χ0v) is 13.1. The summed E-state index contributed by atoms with van der Waals surface area (Å²) in [5.41, 5.74) is 0. The van der Waals surface area contributed by atoms with Gasteiger partial charge in [-0.05, 0) is 32.7 Å². The number of hydrogen-bond acceptors (Lipinski definition) is 5. The quantitative estimate of drug-likeness (QED) is 0.897. The molecule has 1 N–H and O–H groups in total. The van der Waals surface area contributed by atoms with Crippen LogP contribution in [0.25, 0.3) is 0 Å². The standard InChI is InChI=1S/C12H21N3O2S2/c1-3-6-13-11-4-7-15(8-5-11)19(16,17)12-9-14-10(2)18-12/h9,11,13H,3-8H2,1-2H3. The van der Waals surface area contributed by atoms with Crippen LogP contribution in [0, 0.1) is 6.92 Å². The van der Waals surface area contributed by atoms with Gasteiger partial charge < -0.3 is 5.32 Å². The van der Waals surface area contributed by atoms with Crippen LogP contribution in [-0.4, -0.2) is 43.4 Å². The van der Waals surface area contributed by atoms with Crippen LogP contribution < -0.4 is 5.32 Å². The van der Waals surface area contributed by atoms with Crippen molar-refractivity contribution in [1.82, 2.24) is 14.6 Å². The molecule has 0 unspecified atom stereocenters. The Morgan fingerprint density at radius 1 is 1.47 bits per heavy atom. The highest BCUT2D eigenvalue weighted by molar-refractivity contribution is 7.91. The van der Waals surface area contributed by atoms with Gasteiger partial charge in [0.15, 0.2) is 4.21 Å². The first-order chi connectivity index (χ1) is 9.04. The fourth-order valence-corrected chi connectivity index (χ4v) is 4.97. The van der Waals surface area contributed by atoms with Gasteiger partial charge in [-0.3, -0.25) is 0 Å². The highest BCUT2D eigenvalue weighted by Gasteiger charge is 2.30. The Kier molecular flexibility index (Phi) is 4.94. The van der Waals surface area contributed by atoms with Gasteiger partial charge in [0.1, 0.15) is 0 Å². The smallest absolute Gasteiger partial charge is 0.254 e. The Hall–Kier alpha value is -0.500. The number of nitrogens with one attached hydrogen (secondary N) is 1. The molecule has 0 aromatic carbocycles. The molecule has 1 aliphatic heterocycles. The van der Waals surface area contributed by atoms with E-state index in [1.165, 1.54) is 17.5 Å². The van der Waals surface area contributed by atoms with Crippen LogP contribution in [0.4, 0.5) is 0 Å². The molecule has 1 aromatic heterocycles. The Morgan fingerprint density at radius 3 is 2.68 bits per heavy atom. The van der Waals surface area contributed by atoms with Crippen LogP contribution in [-0.2, 0) is 10.0 Å². The van der Waals surface area contributed by atoms with Crippen LogP contribution in [0.1, 0.15) is 31.2 Å². The summed E-state index contributed by atoms with van der Waals surface area (Å²) in [6.45, 7) is 6.16. The summed E-state index contributed by atoms with van der Waals surface area (Å²) in [5.74, 6) is 0. The highest BCUT2D eigenvalue weighted by atomic mass is 32.2. The molecule has 0 aliphatic carbocycles. The Balaban J connectivity index is 1.97. The maximum atomic E-state index is 12.4. The number of piperidine rings is 1. The summed E-state index contributed by atoms with van der Waals surface area (Å²) in [7, 11) is -3.32. The van der Waals surface area contributed by atoms with Crippen molar-refractivity contribution in [3.8, 4) is 0 Å². The summed E-state index contributed by atoms with van der Waals surface area (Å²) < 4.78 is 26.7. The van der Waals surface area contributed by atoms with Gasteiger partial charge in [0, 0.05) is 19.1 Å². The zero-order valence-electron chi connectivity index (χ0n) is 11.4. The second kappa shape index (κ2) is 6.30. The van der Waals surface area contributed by atoms with Crippen molar-refractivity contribution in [3.05, 3.63) is 11.2 Å². The predicted octanol–water partition coefficient (Wildman–Crippen LogP) is 1.60. The molecule has 7 heteroatoms. The molecule has 1 aromatic rings. The molecule has 0 radical (unpaired) electrons. The molecule has 2 rings (SSSR count). The summed E-state index contributed by atoms with van der Waals surface area (Å²) in [4.78, 5) is 4.03. The van der Waals surface area contributed by atoms with Crippen molar-refractivity contribution in [2.45, 2.75) is 43.4 Å². The molecule has 1 aliphatic rings. The number of hydrogen-bond donors (Lipinski definition) is 1. The Labute approximate surface area is 119 Å². The largest absolute Gasteiger partial charge is 0.314 e. The fraction of sp³-hybridized carbons (Fsp3) is 0.750. The van der Waals surface area contributed by atoms with Gasteiger partial charge in [-0.15, -0.1) is 11.3 Å². The van der Waals surface area contributed by atoms with Crippen LogP contribution in [0.5, 0.6) is 0 Å². The van der Waals surface area contributed by atoms with Gasteiger partial charge in [-0.25, -0.2) is 13.4 Å². The SMILES string of the molecule is CCCNC1CCN(S(=O)(=O)c2cnc(C)s2)CC1. The van der Waals surface area contributed by atoms with Gasteiger partial charge in [0.2, 0.25) is 0 Å². The average Bonchev–Trinajstić information content (AvgIpc) is 2.84. The van der Waals surface area contributed by atoms with Crippen molar-refractivity contribution >= 4 is 21.4 Å². The van der Waals surface area contributed by atoms with Crippen LogP contribution >= 0.6 is 11.3 Å². The van der Waals surface area contributed by atoms with Crippen LogP contribution in [0.2, 0.25) is 0 Å². The Morgan fingerprint density at radius 2 is 2.16 bits per heavy atom. The van der Waals surface area contributed by atoms with Gasteiger partial charge in [-0.2, -0.15) is 4.31 Å². The molecule has 1 saturated heterocycles. The third kappa shape index (κ3) is 3.53. The Bertz CT molecular complexity index is 505. The third-order valence-corrected chi connectivity index (χ3v) is 6.58. The summed E-state index contributed by atoms with van der Waals surface area (Å²) in [6.07, 6.45) is 4.35. The maximum absolute atomic E-state index is 12.4. The summed E-state index contributed by atoms with van der Waals surface area (Å²) >= 11 is 1.25. The van der Waals surface area contributed by atoms with E-state index in [-0.39, 0.29) is 0 Å². The molecule has 19 heavy (non-hydrogen) atoms. The highest BCUT2D eigenvalue weighted by Crippen LogP contribution is 2.24. The van der Waals surface area contributed by atoms with Gasteiger partial charge in [0.05, 0.1) is 11.2 Å². The van der Waals surface area contributed by atoms with E-state index in [2.05, 4.69) is 17.2 Å². The van der Waals surface area contributed by atoms with Gasteiger partial charge in [0.25, 0.3) is 10.0 Å². The van der Waals surface area contributed by atoms with Crippen molar-refractivity contribution < 1.29 is 8.42 Å². The number of sulfonamides is 1. The third-order valence-electron chi connectivity index (χ3n) is 3.33. The molecule has 0 spiro atoms. The van der Waals surface area contributed by atoms with Crippen LogP contribution in [0.15, 0.2) is 10.4 Å². The minimum Gasteiger partial charge on any atom is -0.314 e. The van der Waals surface area contributed by atoms with Crippen molar-refractivity contribution in [3.63, 3.8) is 0 Å². The van der Waals surface area contributed by atoms with Gasteiger partial charge >= 0.3 is 0 Å². The minimum absolute atomic E-state index is 0.366. The van der Waals surface area contributed by atoms with E-state index in [4.69, 9.17) is 0 Å². The number of rotatable bonds is 5. The van der Waals surface area contributed by atoms with Crippen molar-refractivity contribution in [1.29, 1.82) is 0 Å². The van der Waals surface area contributed by atoms with Crippen LogP contribution in [0.3, 0.4) is 0 Å². The van der Waals surface area contributed by atoms with Crippen molar-refractivity contribution in [2.75, 3.05) is 19.6 Å². The molecular weight excluding hydrogens is 282 g/mol. The normalized spacial score (nSPS) is 18.8. The molecule has 0 amide bonds. The molecule has 0 bridgehead atoms. The topological polar surface area (TPSA) is 62.3 Å². The zero-order chi connectivity index (χ0) is 13.9. The lowest BCUT2D eigenvalue weighted by molar-refractivity contribution is 0.290. The average molecular weight is 303 g/mol. The first kappa shape index (κ1) is 14.9. The molecule has 0 saturated carbocycles.